The molecule has 2 atom stereocenters. The van der Waals surface area contributed by atoms with E-state index in [9.17, 15) is 14.7 Å². The molecule has 2 aromatic carbocycles. The quantitative estimate of drug-likeness (QED) is 0.130. The van der Waals surface area contributed by atoms with E-state index in [-0.39, 0.29) is 23.2 Å². The van der Waals surface area contributed by atoms with Crippen LogP contribution in [0.3, 0.4) is 0 Å². The first kappa shape index (κ1) is 27.4. The van der Waals surface area contributed by atoms with E-state index in [0.29, 0.717) is 10.6 Å². The van der Waals surface area contributed by atoms with Gasteiger partial charge in [0.1, 0.15) is 16.1 Å². The lowest BCUT2D eigenvalue weighted by Gasteiger charge is -2.23. The average Bonchev–Trinajstić information content (AvgIpc) is 3.27. The van der Waals surface area contributed by atoms with E-state index < -0.39 is 5.60 Å². The number of fused-ring (bicyclic) bond motifs is 3. The van der Waals surface area contributed by atoms with Crippen LogP contribution in [0.5, 0.6) is 5.75 Å². The number of aromatic hydroxyl groups is 1. The van der Waals surface area contributed by atoms with E-state index in [4.69, 9.17) is 4.74 Å². The van der Waals surface area contributed by atoms with Crippen molar-refractivity contribution in [2.75, 3.05) is 6.54 Å². The van der Waals surface area contributed by atoms with Crippen LogP contribution in [0.4, 0.5) is 0 Å². The number of H-pyrrole nitrogens is 1. The van der Waals surface area contributed by atoms with Crippen molar-refractivity contribution in [3.63, 3.8) is 0 Å². The second-order valence-electron chi connectivity index (χ2n) is 11.8. The van der Waals surface area contributed by atoms with Crippen LogP contribution in [0.2, 0.25) is 0 Å². The molecule has 206 valence electrons. The molecule has 7 heteroatoms. The first-order valence-electron chi connectivity index (χ1n) is 14.0. The summed E-state index contributed by atoms with van der Waals surface area (Å²) in [5, 5.41) is 18.0. The molecule has 2 aromatic heterocycles. The molecule has 6 nitrogen and oxygen atoms in total. The van der Waals surface area contributed by atoms with Crippen LogP contribution in [-0.4, -0.2) is 28.2 Å². The van der Waals surface area contributed by atoms with Crippen LogP contribution >= 0.6 is 11.3 Å². The standard InChI is InChI=1S/C32H38N2O4S/c1-32(2,3)38-31(37)23-6-4-5-20(7-12-23)15-17-33-19-21-8-10-22(11-9-21)27-26(35)14-13-25-28(27)24-16-18-39-29(24)30(36)34-25/h8-11,13-14,16,18,20,23,33,35H,4-7,12,15,17,19H2,1-3H3,(H,34,36). The maximum absolute atomic E-state index is 12.5. The number of aromatic amines is 1. The highest BCUT2D eigenvalue weighted by atomic mass is 32.1. The van der Waals surface area contributed by atoms with Crippen LogP contribution in [-0.2, 0) is 16.1 Å². The van der Waals surface area contributed by atoms with Gasteiger partial charge in [-0.3, -0.25) is 9.59 Å². The number of carbonyl (C=O) groups is 1. The molecule has 2 unspecified atom stereocenters. The first-order valence-corrected chi connectivity index (χ1v) is 14.9. The highest BCUT2D eigenvalue weighted by Gasteiger charge is 2.28. The molecule has 2 heterocycles. The van der Waals surface area contributed by atoms with E-state index in [1.165, 1.54) is 23.3 Å². The second-order valence-corrected chi connectivity index (χ2v) is 12.7. The zero-order chi connectivity index (χ0) is 27.6. The summed E-state index contributed by atoms with van der Waals surface area (Å²) in [6.07, 6.45) is 6.31. The van der Waals surface area contributed by atoms with Crippen LogP contribution in [0, 0.1) is 11.8 Å². The van der Waals surface area contributed by atoms with Gasteiger partial charge in [-0.1, -0.05) is 37.1 Å². The molecule has 5 rings (SSSR count). The van der Waals surface area contributed by atoms with Crippen molar-refractivity contribution in [1.82, 2.24) is 10.3 Å². The maximum Gasteiger partial charge on any atom is 0.309 e. The Bertz CT molecular complexity index is 1510. The van der Waals surface area contributed by atoms with E-state index in [1.807, 2.05) is 44.4 Å². The molecule has 1 aliphatic carbocycles. The number of pyridine rings is 1. The number of nitrogens with one attached hydrogen (secondary N) is 2. The number of hydrogen-bond acceptors (Lipinski definition) is 6. The van der Waals surface area contributed by atoms with Gasteiger partial charge in [0.2, 0.25) is 0 Å². The number of rotatable bonds is 7. The molecular weight excluding hydrogens is 508 g/mol. The average molecular weight is 547 g/mol. The minimum absolute atomic E-state index is 0.0328. The van der Waals surface area contributed by atoms with E-state index in [2.05, 4.69) is 22.4 Å². The fraction of sp³-hybridized carbons (Fsp3) is 0.438. The topological polar surface area (TPSA) is 91.4 Å². The molecule has 4 aromatic rings. The zero-order valence-electron chi connectivity index (χ0n) is 23.0. The van der Waals surface area contributed by atoms with Crippen molar-refractivity contribution in [3.8, 4) is 16.9 Å². The number of esters is 1. The monoisotopic (exact) mass is 546 g/mol. The molecule has 0 saturated heterocycles. The van der Waals surface area contributed by atoms with Crippen molar-refractivity contribution >= 4 is 38.3 Å². The molecule has 3 N–H and O–H groups in total. The van der Waals surface area contributed by atoms with Crippen molar-refractivity contribution < 1.29 is 14.6 Å². The summed E-state index contributed by atoms with van der Waals surface area (Å²) in [5.74, 6) is 0.847. The van der Waals surface area contributed by atoms with Gasteiger partial charge in [0.15, 0.2) is 0 Å². The summed E-state index contributed by atoms with van der Waals surface area (Å²) in [5.41, 5.74) is 3.04. The largest absolute Gasteiger partial charge is 0.507 e. The Kier molecular flexibility index (Phi) is 8.10. The van der Waals surface area contributed by atoms with Gasteiger partial charge in [-0.15, -0.1) is 11.3 Å². The molecule has 0 aliphatic heterocycles. The zero-order valence-corrected chi connectivity index (χ0v) is 23.8. The summed E-state index contributed by atoms with van der Waals surface area (Å²) < 4.78 is 6.29. The number of hydrogen-bond donors (Lipinski definition) is 3. The number of aromatic nitrogens is 1. The predicted octanol–water partition coefficient (Wildman–Crippen LogP) is 7.13. The minimum atomic E-state index is -0.420. The van der Waals surface area contributed by atoms with Gasteiger partial charge in [-0.05, 0) is 93.6 Å². The first-order chi connectivity index (χ1) is 18.7. The van der Waals surface area contributed by atoms with Crippen molar-refractivity contribution in [2.45, 2.75) is 71.4 Å². The van der Waals surface area contributed by atoms with Gasteiger partial charge in [-0.25, -0.2) is 0 Å². The SMILES string of the molecule is CC(C)(C)OC(=O)C1CCCC(CCNCc2ccc(-c3c(O)ccc4[nH]c(=O)c5sccc5c34)cc2)CC1. The number of phenolic OH excluding ortho intramolecular Hbond substituents is 1. The molecule has 39 heavy (non-hydrogen) atoms. The third-order valence-corrected chi connectivity index (χ3v) is 8.62. The highest BCUT2D eigenvalue weighted by molar-refractivity contribution is 7.17. The molecule has 0 amide bonds. The van der Waals surface area contributed by atoms with Crippen LogP contribution in [0.15, 0.2) is 52.6 Å². The Morgan fingerprint density at radius 1 is 1.08 bits per heavy atom. The maximum atomic E-state index is 12.5. The molecule has 0 radical (unpaired) electrons. The minimum Gasteiger partial charge on any atom is -0.507 e. The molecule has 1 saturated carbocycles. The predicted molar refractivity (Wildman–Crippen MR) is 159 cm³/mol. The smallest absolute Gasteiger partial charge is 0.309 e. The third-order valence-electron chi connectivity index (χ3n) is 7.70. The molecule has 0 spiro atoms. The lowest BCUT2D eigenvalue weighted by Crippen LogP contribution is -2.28. The van der Waals surface area contributed by atoms with Gasteiger partial charge < -0.3 is 20.1 Å². The van der Waals surface area contributed by atoms with E-state index in [0.717, 1.165) is 72.6 Å². The second kappa shape index (κ2) is 11.5. The van der Waals surface area contributed by atoms with Gasteiger partial charge >= 0.3 is 5.97 Å². The van der Waals surface area contributed by atoms with Crippen molar-refractivity contribution in [3.05, 3.63) is 63.8 Å². The van der Waals surface area contributed by atoms with Gasteiger partial charge in [-0.2, -0.15) is 0 Å². The number of ether oxygens (including phenoxy) is 1. The van der Waals surface area contributed by atoms with E-state index in [1.54, 1.807) is 12.1 Å². The van der Waals surface area contributed by atoms with Crippen LogP contribution in [0.25, 0.3) is 32.1 Å². The summed E-state index contributed by atoms with van der Waals surface area (Å²) in [6.45, 7) is 7.52. The lowest BCUT2D eigenvalue weighted by atomic mass is 9.95. The fourth-order valence-corrected chi connectivity index (χ4v) is 6.54. The van der Waals surface area contributed by atoms with Gasteiger partial charge in [0.25, 0.3) is 5.56 Å². The summed E-state index contributed by atoms with van der Waals surface area (Å²) in [4.78, 5) is 27.9. The van der Waals surface area contributed by atoms with E-state index >= 15 is 0 Å². The Morgan fingerprint density at radius 2 is 1.87 bits per heavy atom. The van der Waals surface area contributed by atoms with Crippen LogP contribution < -0.4 is 10.9 Å². The number of benzene rings is 2. The number of thiophene rings is 1. The van der Waals surface area contributed by atoms with Crippen LogP contribution in [0.1, 0.15) is 64.9 Å². The van der Waals surface area contributed by atoms with Gasteiger partial charge in [0, 0.05) is 28.4 Å². The summed E-state index contributed by atoms with van der Waals surface area (Å²) in [6, 6.07) is 13.6. The fourth-order valence-electron chi connectivity index (χ4n) is 5.75. The Hall–Kier alpha value is -3.16. The van der Waals surface area contributed by atoms with Crippen molar-refractivity contribution in [1.29, 1.82) is 0 Å². The molecule has 0 bridgehead atoms. The third kappa shape index (κ3) is 6.36. The Labute approximate surface area is 233 Å². The summed E-state index contributed by atoms with van der Waals surface area (Å²) in [7, 11) is 0. The summed E-state index contributed by atoms with van der Waals surface area (Å²) >= 11 is 1.41. The normalized spacial score (nSPS) is 18.3. The van der Waals surface area contributed by atoms with Crippen molar-refractivity contribution in [2.24, 2.45) is 11.8 Å². The number of phenols is 1. The highest BCUT2D eigenvalue weighted by Crippen LogP contribution is 2.39. The molecule has 1 fully saturated rings. The van der Waals surface area contributed by atoms with Gasteiger partial charge in [0.05, 0.1) is 5.92 Å². The molecular formula is C32H38N2O4S. The number of carbonyl (C=O) groups excluding carboxylic acids is 1. The Balaban J connectivity index is 1.18. The lowest BCUT2D eigenvalue weighted by molar-refractivity contribution is -0.160. The Morgan fingerprint density at radius 3 is 2.64 bits per heavy atom. The molecule has 1 aliphatic rings.